The minimum atomic E-state index is 0.329. The van der Waals surface area contributed by atoms with Crippen LogP contribution in [0, 0.1) is 0 Å². The molecule has 0 fully saturated rings. The van der Waals surface area contributed by atoms with E-state index >= 15 is 0 Å². The summed E-state index contributed by atoms with van der Waals surface area (Å²) in [6.45, 7) is 0. The summed E-state index contributed by atoms with van der Waals surface area (Å²) < 4.78 is 0.825. The van der Waals surface area contributed by atoms with Crippen molar-refractivity contribution in [2.24, 2.45) is 5.10 Å². The Labute approximate surface area is 151 Å². The van der Waals surface area contributed by atoms with Crippen LogP contribution in [0.25, 0.3) is 28.1 Å². The van der Waals surface area contributed by atoms with E-state index in [9.17, 15) is 0 Å². The van der Waals surface area contributed by atoms with Gasteiger partial charge in [0.15, 0.2) is 5.65 Å². The van der Waals surface area contributed by atoms with Crippen molar-refractivity contribution in [3.8, 4) is 0 Å². The second-order valence-corrected chi connectivity index (χ2v) is 6.23. The molecule has 4 aromatic rings. The fraction of sp³-hybridized carbons (Fsp3) is 0. The molecule has 7 heteroatoms. The third-order valence-corrected chi connectivity index (χ3v) is 4.01. The number of hydrogen-bond donors (Lipinski definition) is 2. The fourth-order valence-corrected chi connectivity index (χ4v) is 2.83. The molecule has 0 radical (unpaired) electrons. The lowest BCUT2D eigenvalue weighted by Gasteiger charge is -1.97. The maximum atomic E-state index is 4.40. The highest BCUT2D eigenvalue weighted by Gasteiger charge is 2.07. The first-order valence-electron chi connectivity index (χ1n) is 7.62. The van der Waals surface area contributed by atoms with Crippen molar-refractivity contribution in [2.75, 3.05) is 5.43 Å². The molecular formula is C18H13BrN6. The average molecular weight is 393 g/mol. The van der Waals surface area contributed by atoms with E-state index in [-0.39, 0.29) is 0 Å². The summed E-state index contributed by atoms with van der Waals surface area (Å²) in [6, 6.07) is 17.9. The van der Waals surface area contributed by atoms with Gasteiger partial charge in [-0.1, -0.05) is 48.5 Å². The van der Waals surface area contributed by atoms with Gasteiger partial charge in [-0.05, 0) is 33.6 Å². The van der Waals surface area contributed by atoms with Gasteiger partial charge in [-0.3, -0.25) is 0 Å². The average Bonchev–Trinajstić information content (AvgIpc) is 3.00. The summed E-state index contributed by atoms with van der Waals surface area (Å²) in [5, 5.41) is 13.4. The monoisotopic (exact) mass is 392 g/mol. The van der Waals surface area contributed by atoms with Crippen LogP contribution >= 0.6 is 15.9 Å². The van der Waals surface area contributed by atoms with Crippen molar-refractivity contribution in [3.05, 3.63) is 64.6 Å². The highest BCUT2D eigenvalue weighted by molar-refractivity contribution is 9.12. The molecular weight excluding hydrogens is 380 g/mol. The second kappa shape index (κ2) is 6.82. The Hall–Kier alpha value is -3.06. The molecule has 6 nitrogen and oxygen atoms in total. The van der Waals surface area contributed by atoms with Crippen LogP contribution in [-0.4, -0.2) is 26.4 Å². The number of halogens is 1. The second-order valence-electron chi connectivity index (χ2n) is 5.31. The number of fused-ring (bicyclic) bond motifs is 3. The van der Waals surface area contributed by atoms with Gasteiger partial charge in [0.1, 0.15) is 5.52 Å². The normalized spacial score (nSPS) is 12.3. The third kappa shape index (κ3) is 3.41. The Morgan fingerprint density at radius 3 is 2.72 bits per heavy atom. The Morgan fingerprint density at radius 2 is 1.84 bits per heavy atom. The highest BCUT2D eigenvalue weighted by Crippen LogP contribution is 2.21. The van der Waals surface area contributed by atoms with Crippen molar-refractivity contribution >= 4 is 56.2 Å². The molecule has 0 saturated carbocycles. The molecule has 0 aliphatic heterocycles. The van der Waals surface area contributed by atoms with Gasteiger partial charge in [-0.15, -0.1) is 10.2 Å². The van der Waals surface area contributed by atoms with Gasteiger partial charge in [-0.25, -0.2) is 5.43 Å². The first kappa shape index (κ1) is 15.5. The Bertz CT molecular complexity index is 1080. The van der Waals surface area contributed by atoms with Gasteiger partial charge in [0.2, 0.25) is 0 Å². The van der Waals surface area contributed by atoms with E-state index in [1.54, 1.807) is 6.21 Å². The minimum Gasteiger partial charge on any atom is -0.338 e. The van der Waals surface area contributed by atoms with Crippen molar-refractivity contribution < 1.29 is 0 Å². The van der Waals surface area contributed by atoms with Crippen LogP contribution in [0.5, 0.6) is 0 Å². The first-order valence-corrected chi connectivity index (χ1v) is 8.41. The molecule has 0 unspecified atom stereocenters. The van der Waals surface area contributed by atoms with E-state index in [2.05, 4.69) is 46.6 Å². The molecule has 25 heavy (non-hydrogen) atoms. The van der Waals surface area contributed by atoms with Crippen LogP contribution in [0.2, 0.25) is 0 Å². The van der Waals surface area contributed by atoms with Crippen LogP contribution in [0.4, 0.5) is 5.95 Å². The number of allylic oxidation sites excluding steroid dienone is 1. The molecule has 0 atom stereocenters. The molecule has 0 aliphatic rings. The number of nitrogens with one attached hydrogen (secondary N) is 2. The Kier molecular flexibility index (Phi) is 4.22. The van der Waals surface area contributed by atoms with Crippen molar-refractivity contribution in [3.63, 3.8) is 0 Å². The summed E-state index contributed by atoms with van der Waals surface area (Å²) in [4.78, 5) is 7.63. The van der Waals surface area contributed by atoms with Crippen LogP contribution in [0.15, 0.2) is 64.2 Å². The van der Waals surface area contributed by atoms with Gasteiger partial charge in [-0.2, -0.15) is 10.1 Å². The maximum Gasteiger partial charge on any atom is 0.265 e. The van der Waals surface area contributed by atoms with Crippen LogP contribution in [0.3, 0.4) is 0 Å². The number of anilines is 1. The standard InChI is InChI=1S/C18H13BrN6/c19-13(10-12-6-2-1-3-7-12)11-20-24-18-22-17-16(23-25-18)14-8-4-5-9-15(14)21-17/h1-11H,(H2,21,22,24,25). The molecule has 2 aromatic heterocycles. The third-order valence-electron chi connectivity index (χ3n) is 3.58. The molecule has 4 rings (SSSR count). The van der Waals surface area contributed by atoms with Gasteiger partial charge in [0.05, 0.1) is 6.21 Å². The molecule has 2 N–H and O–H groups in total. The molecule has 0 amide bonds. The van der Waals surface area contributed by atoms with Gasteiger partial charge in [0.25, 0.3) is 5.95 Å². The van der Waals surface area contributed by atoms with Crippen LogP contribution in [0.1, 0.15) is 5.56 Å². The summed E-state index contributed by atoms with van der Waals surface area (Å²) in [6.07, 6.45) is 3.61. The minimum absolute atomic E-state index is 0.329. The van der Waals surface area contributed by atoms with Crippen molar-refractivity contribution in [1.29, 1.82) is 0 Å². The largest absolute Gasteiger partial charge is 0.338 e. The van der Waals surface area contributed by atoms with Crippen molar-refractivity contribution in [1.82, 2.24) is 20.2 Å². The number of hydrazone groups is 1. The van der Waals surface area contributed by atoms with E-state index in [0.717, 1.165) is 26.5 Å². The lowest BCUT2D eigenvalue weighted by atomic mass is 10.2. The summed E-state index contributed by atoms with van der Waals surface area (Å²) >= 11 is 3.46. The van der Waals surface area contributed by atoms with E-state index in [1.165, 1.54) is 0 Å². The number of H-pyrrole nitrogens is 1. The van der Waals surface area contributed by atoms with Crippen molar-refractivity contribution in [2.45, 2.75) is 0 Å². The van der Waals surface area contributed by atoms with Crippen LogP contribution < -0.4 is 5.43 Å². The molecule has 0 saturated heterocycles. The predicted octanol–water partition coefficient (Wildman–Crippen LogP) is 4.34. The maximum absolute atomic E-state index is 4.40. The first-order chi connectivity index (χ1) is 12.3. The SMILES string of the molecule is BrC(C=NNc1nnc2c(n1)[nH]c1ccccc12)=Cc1ccccc1. The zero-order chi connectivity index (χ0) is 17.1. The lowest BCUT2D eigenvalue weighted by molar-refractivity contribution is 1.01. The van der Waals surface area contributed by atoms with Gasteiger partial charge < -0.3 is 4.98 Å². The number of hydrogen-bond acceptors (Lipinski definition) is 5. The van der Waals surface area contributed by atoms with E-state index in [4.69, 9.17) is 0 Å². The molecule has 122 valence electrons. The smallest absolute Gasteiger partial charge is 0.265 e. The van der Waals surface area contributed by atoms with Gasteiger partial charge >= 0.3 is 0 Å². The number of rotatable bonds is 4. The zero-order valence-electron chi connectivity index (χ0n) is 13.0. The summed E-state index contributed by atoms with van der Waals surface area (Å²) in [5.74, 6) is 0.329. The Morgan fingerprint density at radius 1 is 1.04 bits per heavy atom. The van der Waals surface area contributed by atoms with Crippen LogP contribution in [-0.2, 0) is 0 Å². The summed E-state index contributed by atoms with van der Waals surface area (Å²) in [7, 11) is 0. The molecule has 2 heterocycles. The molecule has 0 aliphatic carbocycles. The highest BCUT2D eigenvalue weighted by atomic mass is 79.9. The molecule has 0 bridgehead atoms. The molecule has 0 spiro atoms. The van der Waals surface area contributed by atoms with E-state index in [1.807, 2.05) is 60.7 Å². The van der Waals surface area contributed by atoms with E-state index in [0.29, 0.717) is 11.6 Å². The number of nitrogens with zero attached hydrogens (tertiary/aromatic N) is 4. The molecule has 2 aromatic carbocycles. The van der Waals surface area contributed by atoms with E-state index < -0.39 is 0 Å². The number of aromatic amines is 1. The Balaban J connectivity index is 1.52. The lowest BCUT2D eigenvalue weighted by Crippen LogP contribution is -1.98. The fourth-order valence-electron chi connectivity index (χ4n) is 2.47. The number of benzene rings is 2. The predicted molar refractivity (Wildman–Crippen MR) is 105 cm³/mol. The number of para-hydroxylation sites is 1. The quantitative estimate of drug-likeness (QED) is 0.399. The van der Waals surface area contributed by atoms with Gasteiger partial charge in [0, 0.05) is 15.4 Å². The zero-order valence-corrected chi connectivity index (χ0v) is 14.6. The summed E-state index contributed by atoms with van der Waals surface area (Å²) in [5.41, 5.74) is 6.27. The number of aromatic nitrogens is 4. The topological polar surface area (TPSA) is 78.8 Å².